The third kappa shape index (κ3) is 7.09. The third-order valence-corrected chi connectivity index (χ3v) is 3.72. The molecule has 0 saturated carbocycles. The van der Waals surface area contributed by atoms with Crippen molar-refractivity contribution in [2.75, 3.05) is 40.9 Å². The summed E-state index contributed by atoms with van der Waals surface area (Å²) >= 11 is 0. The van der Waals surface area contributed by atoms with Gasteiger partial charge in [0.25, 0.3) is 0 Å². The largest absolute Gasteiger partial charge is 0.359 e. The number of rotatable bonds is 10. The van der Waals surface area contributed by atoms with Gasteiger partial charge in [-0.1, -0.05) is 0 Å². The standard InChI is InChI=1S/C9H19O6P/c1-12-8-15-6-4-5-9(10)7-16(11,13-2)14-3/h4-8H2,1-3H3. The summed E-state index contributed by atoms with van der Waals surface area (Å²) in [5, 5.41) is 0. The number of carbonyl (C=O) groups excluding carboxylic acids is 1. The van der Waals surface area contributed by atoms with Gasteiger partial charge in [0.15, 0.2) is 0 Å². The highest BCUT2D eigenvalue weighted by atomic mass is 31.2. The van der Waals surface area contributed by atoms with Crippen LogP contribution in [0.25, 0.3) is 0 Å². The van der Waals surface area contributed by atoms with Gasteiger partial charge >= 0.3 is 7.60 Å². The van der Waals surface area contributed by atoms with E-state index in [0.29, 0.717) is 19.4 Å². The summed E-state index contributed by atoms with van der Waals surface area (Å²) in [6.07, 6.45) is 0.667. The Kier molecular flexibility index (Phi) is 8.70. The van der Waals surface area contributed by atoms with Crippen LogP contribution in [0.5, 0.6) is 0 Å². The molecule has 0 rings (SSSR count). The topological polar surface area (TPSA) is 71.1 Å². The van der Waals surface area contributed by atoms with Crippen LogP contribution in [0.4, 0.5) is 0 Å². The lowest BCUT2D eigenvalue weighted by Crippen LogP contribution is -2.09. The van der Waals surface area contributed by atoms with E-state index in [1.54, 1.807) is 0 Å². The summed E-state index contributed by atoms with van der Waals surface area (Å²) in [6.45, 7) is 0.646. The maximum atomic E-state index is 11.6. The second-order valence-corrected chi connectivity index (χ2v) is 5.36. The number of carbonyl (C=O) groups is 1. The molecule has 0 bridgehead atoms. The van der Waals surface area contributed by atoms with Crippen LogP contribution in [0.1, 0.15) is 12.8 Å². The molecule has 16 heavy (non-hydrogen) atoms. The minimum atomic E-state index is -3.21. The van der Waals surface area contributed by atoms with Gasteiger partial charge in [0.05, 0.1) is 0 Å². The molecule has 0 aliphatic carbocycles. The molecule has 0 aromatic carbocycles. The molecule has 96 valence electrons. The minimum absolute atomic E-state index is 0.159. The first-order valence-corrected chi connectivity index (χ1v) is 6.59. The predicted molar refractivity (Wildman–Crippen MR) is 58.6 cm³/mol. The van der Waals surface area contributed by atoms with Crippen molar-refractivity contribution in [3.63, 3.8) is 0 Å². The van der Waals surface area contributed by atoms with Gasteiger partial charge in [-0.15, -0.1) is 0 Å². The lowest BCUT2D eigenvalue weighted by Gasteiger charge is -2.12. The molecule has 0 unspecified atom stereocenters. The Morgan fingerprint density at radius 3 is 2.31 bits per heavy atom. The van der Waals surface area contributed by atoms with Crippen molar-refractivity contribution >= 4 is 13.4 Å². The Labute approximate surface area is 95.7 Å². The molecule has 0 fully saturated rings. The molecule has 0 atom stereocenters. The van der Waals surface area contributed by atoms with Crippen LogP contribution in [0.3, 0.4) is 0 Å². The average molecular weight is 254 g/mol. The summed E-state index contributed by atoms with van der Waals surface area (Å²) < 4.78 is 30.6. The number of ketones is 1. The molecule has 0 saturated heterocycles. The zero-order valence-electron chi connectivity index (χ0n) is 9.93. The van der Waals surface area contributed by atoms with E-state index in [1.165, 1.54) is 21.3 Å². The van der Waals surface area contributed by atoms with Crippen molar-refractivity contribution in [2.24, 2.45) is 0 Å². The Morgan fingerprint density at radius 1 is 1.19 bits per heavy atom. The van der Waals surface area contributed by atoms with Gasteiger partial charge in [-0.2, -0.15) is 0 Å². The fourth-order valence-electron chi connectivity index (χ4n) is 1.01. The van der Waals surface area contributed by atoms with Gasteiger partial charge in [-0.3, -0.25) is 9.36 Å². The van der Waals surface area contributed by atoms with Crippen LogP contribution in [0, 0.1) is 0 Å². The van der Waals surface area contributed by atoms with Gasteiger partial charge < -0.3 is 18.5 Å². The van der Waals surface area contributed by atoms with Gasteiger partial charge in [0.2, 0.25) is 0 Å². The maximum absolute atomic E-state index is 11.6. The van der Waals surface area contributed by atoms with E-state index in [0.717, 1.165) is 0 Å². The monoisotopic (exact) mass is 254 g/mol. The molecule has 0 aromatic heterocycles. The van der Waals surface area contributed by atoms with Crippen LogP contribution in [-0.4, -0.2) is 46.7 Å². The molecule has 0 heterocycles. The Hall–Kier alpha value is -0.260. The van der Waals surface area contributed by atoms with E-state index in [-0.39, 0.29) is 18.7 Å². The number of ether oxygens (including phenoxy) is 2. The fraction of sp³-hybridized carbons (Fsp3) is 0.889. The van der Waals surface area contributed by atoms with Crippen molar-refractivity contribution in [1.29, 1.82) is 0 Å². The second-order valence-electron chi connectivity index (χ2n) is 3.09. The fourth-order valence-corrected chi connectivity index (χ4v) is 2.01. The molecule has 0 amide bonds. The Balaban J connectivity index is 3.70. The number of Topliss-reactive ketones (excluding diaryl/α,β-unsaturated/α-hetero) is 1. The minimum Gasteiger partial charge on any atom is -0.359 e. The zero-order valence-corrected chi connectivity index (χ0v) is 10.8. The van der Waals surface area contributed by atoms with E-state index < -0.39 is 7.60 Å². The first-order valence-electron chi connectivity index (χ1n) is 4.87. The van der Waals surface area contributed by atoms with Crippen molar-refractivity contribution in [3.8, 4) is 0 Å². The first-order chi connectivity index (χ1) is 7.58. The summed E-state index contributed by atoms with van der Waals surface area (Å²) in [5.41, 5.74) is 0. The van der Waals surface area contributed by atoms with E-state index in [9.17, 15) is 9.36 Å². The van der Waals surface area contributed by atoms with E-state index >= 15 is 0 Å². The van der Waals surface area contributed by atoms with Crippen LogP contribution >= 0.6 is 7.60 Å². The molecule has 0 aliphatic heterocycles. The van der Waals surface area contributed by atoms with Gasteiger partial charge in [0.1, 0.15) is 18.7 Å². The highest BCUT2D eigenvalue weighted by Crippen LogP contribution is 2.46. The molecular weight excluding hydrogens is 235 g/mol. The molecule has 0 spiro atoms. The first kappa shape index (κ1) is 15.7. The normalized spacial score (nSPS) is 11.7. The number of hydrogen-bond acceptors (Lipinski definition) is 6. The van der Waals surface area contributed by atoms with E-state index in [2.05, 4.69) is 13.8 Å². The summed E-state index contributed by atoms with van der Waals surface area (Å²) in [5.74, 6) is -0.159. The average Bonchev–Trinajstić information content (AvgIpc) is 2.28. The predicted octanol–water partition coefficient (Wildman–Crippen LogP) is 1.44. The Morgan fingerprint density at radius 2 is 1.81 bits per heavy atom. The number of hydrogen-bond donors (Lipinski definition) is 0. The van der Waals surface area contributed by atoms with Crippen LogP contribution in [0.15, 0.2) is 0 Å². The zero-order chi connectivity index (χ0) is 12.4. The lowest BCUT2D eigenvalue weighted by atomic mass is 10.2. The smallest absolute Gasteiger partial charge is 0.337 e. The van der Waals surface area contributed by atoms with Crippen molar-refractivity contribution < 1.29 is 27.9 Å². The molecule has 7 heteroatoms. The van der Waals surface area contributed by atoms with Gasteiger partial charge in [-0.25, -0.2) is 0 Å². The maximum Gasteiger partial charge on any atom is 0.337 e. The number of methoxy groups -OCH3 is 1. The SMILES string of the molecule is COCOCCCC(=O)CP(=O)(OC)OC. The highest BCUT2D eigenvalue weighted by molar-refractivity contribution is 7.54. The lowest BCUT2D eigenvalue weighted by molar-refractivity contribution is -0.117. The second kappa shape index (κ2) is 8.84. The quantitative estimate of drug-likeness (QED) is 0.334. The van der Waals surface area contributed by atoms with Gasteiger partial charge in [-0.05, 0) is 6.42 Å². The molecular formula is C9H19O6P. The Bertz CT molecular complexity index is 234. The molecule has 0 aliphatic rings. The molecule has 0 N–H and O–H groups in total. The summed E-state index contributed by atoms with van der Waals surface area (Å²) in [7, 11) is 0.839. The summed E-state index contributed by atoms with van der Waals surface area (Å²) in [4.78, 5) is 11.4. The van der Waals surface area contributed by atoms with Crippen molar-refractivity contribution in [2.45, 2.75) is 12.8 Å². The summed E-state index contributed by atoms with van der Waals surface area (Å²) in [6, 6.07) is 0. The van der Waals surface area contributed by atoms with Gasteiger partial charge in [0, 0.05) is 34.4 Å². The van der Waals surface area contributed by atoms with E-state index in [1.807, 2.05) is 0 Å². The van der Waals surface area contributed by atoms with Crippen molar-refractivity contribution in [1.82, 2.24) is 0 Å². The molecule has 6 nitrogen and oxygen atoms in total. The third-order valence-electron chi connectivity index (χ3n) is 1.87. The van der Waals surface area contributed by atoms with Crippen molar-refractivity contribution in [3.05, 3.63) is 0 Å². The molecule has 0 radical (unpaired) electrons. The van der Waals surface area contributed by atoms with Crippen LogP contribution < -0.4 is 0 Å². The highest BCUT2D eigenvalue weighted by Gasteiger charge is 2.24. The van der Waals surface area contributed by atoms with Crippen LogP contribution in [0.2, 0.25) is 0 Å². The van der Waals surface area contributed by atoms with Crippen LogP contribution in [-0.2, 0) is 27.9 Å². The molecule has 0 aromatic rings. The van der Waals surface area contributed by atoms with E-state index in [4.69, 9.17) is 4.74 Å².